The Bertz CT molecular complexity index is 403. The zero-order chi connectivity index (χ0) is 9.59. The van der Waals surface area contributed by atoms with Crippen LogP contribution >= 0.6 is 34.8 Å². The Morgan fingerprint density at radius 1 is 1.23 bits per heavy atom. The number of carbonyl (C=O) groups excluding carboxylic acids is 1. The Kier molecular flexibility index (Phi) is 2.14. The standard InChI is InChI=1S/C8H4Cl3NO/c9-4-2-5(10)8-3(7(4)11)1-6(13)12-8/h2H,1H2,(H,12,13). The Morgan fingerprint density at radius 3 is 2.62 bits per heavy atom. The lowest BCUT2D eigenvalue weighted by molar-refractivity contribution is -0.115. The molecule has 0 radical (unpaired) electrons. The van der Waals surface area contributed by atoms with E-state index in [0.717, 1.165) is 0 Å². The zero-order valence-corrected chi connectivity index (χ0v) is 8.59. The summed E-state index contributed by atoms with van der Waals surface area (Å²) < 4.78 is 0. The third-order valence-corrected chi connectivity index (χ3v) is 3.00. The second-order valence-corrected chi connectivity index (χ2v) is 3.93. The molecular formula is C8H4Cl3NO. The van der Waals surface area contributed by atoms with Crippen LogP contribution in [0.4, 0.5) is 5.69 Å². The molecule has 5 heteroatoms. The molecule has 0 atom stereocenters. The Morgan fingerprint density at radius 2 is 1.92 bits per heavy atom. The molecule has 0 spiro atoms. The Hall–Kier alpha value is -0.440. The van der Waals surface area contributed by atoms with Gasteiger partial charge < -0.3 is 5.32 Å². The van der Waals surface area contributed by atoms with Gasteiger partial charge in [-0.25, -0.2) is 0 Å². The van der Waals surface area contributed by atoms with Gasteiger partial charge >= 0.3 is 0 Å². The van der Waals surface area contributed by atoms with Gasteiger partial charge in [0.2, 0.25) is 5.91 Å². The monoisotopic (exact) mass is 235 g/mol. The van der Waals surface area contributed by atoms with Crippen molar-refractivity contribution >= 4 is 46.4 Å². The predicted molar refractivity (Wildman–Crippen MR) is 53.8 cm³/mol. The number of anilines is 1. The molecular weight excluding hydrogens is 232 g/mol. The van der Waals surface area contributed by atoms with E-state index in [9.17, 15) is 4.79 Å². The third-order valence-electron chi connectivity index (χ3n) is 1.87. The van der Waals surface area contributed by atoms with Crippen molar-refractivity contribution in [2.24, 2.45) is 0 Å². The lowest BCUT2D eigenvalue weighted by Gasteiger charge is -2.04. The largest absolute Gasteiger partial charge is 0.324 e. The number of amides is 1. The van der Waals surface area contributed by atoms with E-state index in [1.807, 2.05) is 0 Å². The topological polar surface area (TPSA) is 29.1 Å². The summed E-state index contributed by atoms with van der Waals surface area (Å²) in [5, 5.41) is 3.82. The number of hydrogen-bond donors (Lipinski definition) is 1. The molecule has 1 aliphatic heterocycles. The van der Waals surface area contributed by atoms with Gasteiger partial charge in [-0.05, 0) is 6.07 Å². The van der Waals surface area contributed by atoms with E-state index in [4.69, 9.17) is 34.8 Å². The van der Waals surface area contributed by atoms with E-state index in [1.165, 1.54) is 6.07 Å². The molecule has 0 unspecified atom stereocenters. The van der Waals surface area contributed by atoms with Gasteiger partial charge in [0.05, 0.1) is 27.2 Å². The first-order chi connectivity index (χ1) is 6.09. The van der Waals surface area contributed by atoms with E-state index in [0.29, 0.717) is 26.3 Å². The molecule has 2 rings (SSSR count). The summed E-state index contributed by atoms with van der Waals surface area (Å²) in [5.41, 5.74) is 1.27. The highest BCUT2D eigenvalue weighted by atomic mass is 35.5. The van der Waals surface area contributed by atoms with Crippen molar-refractivity contribution in [3.8, 4) is 0 Å². The molecule has 0 fully saturated rings. The quantitative estimate of drug-likeness (QED) is 0.689. The number of nitrogens with one attached hydrogen (secondary N) is 1. The van der Waals surface area contributed by atoms with Crippen LogP contribution in [0.1, 0.15) is 5.56 Å². The fourth-order valence-corrected chi connectivity index (χ4v) is 2.06. The molecule has 1 amide bonds. The van der Waals surface area contributed by atoms with Crippen LogP contribution in [0.2, 0.25) is 15.1 Å². The van der Waals surface area contributed by atoms with Gasteiger partial charge in [-0.3, -0.25) is 4.79 Å². The summed E-state index contributed by atoms with van der Waals surface area (Å²) in [6.45, 7) is 0. The van der Waals surface area contributed by atoms with Gasteiger partial charge in [0.15, 0.2) is 0 Å². The van der Waals surface area contributed by atoms with Crippen molar-refractivity contribution in [1.29, 1.82) is 0 Å². The fourth-order valence-electron chi connectivity index (χ4n) is 1.29. The smallest absolute Gasteiger partial charge is 0.228 e. The molecule has 0 aliphatic carbocycles. The SMILES string of the molecule is O=C1Cc2c(Cl)c(Cl)cc(Cl)c2N1. The van der Waals surface area contributed by atoms with E-state index in [2.05, 4.69) is 5.32 Å². The number of rotatable bonds is 0. The molecule has 13 heavy (non-hydrogen) atoms. The molecule has 0 bridgehead atoms. The summed E-state index contributed by atoms with van der Waals surface area (Å²) in [5.74, 6) is -0.110. The minimum Gasteiger partial charge on any atom is -0.324 e. The number of benzene rings is 1. The molecule has 0 saturated heterocycles. The van der Waals surface area contributed by atoms with E-state index in [1.54, 1.807) is 0 Å². The lowest BCUT2D eigenvalue weighted by Crippen LogP contribution is -2.03. The molecule has 1 aliphatic rings. The highest BCUT2D eigenvalue weighted by molar-refractivity contribution is 6.45. The van der Waals surface area contributed by atoms with Gasteiger partial charge in [-0.1, -0.05) is 34.8 Å². The summed E-state index contributed by atoms with van der Waals surface area (Å²) in [4.78, 5) is 11.0. The van der Waals surface area contributed by atoms with Gasteiger partial charge in [0, 0.05) is 5.56 Å². The van der Waals surface area contributed by atoms with Crippen LogP contribution in [0.15, 0.2) is 6.07 Å². The molecule has 1 aromatic rings. The fraction of sp³-hybridized carbons (Fsp3) is 0.125. The normalized spacial score (nSPS) is 14.2. The van der Waals surface area contributed by atoms with Crippen LogP contribution in [0.5, 0.6) is 0 Å². The van der Waals surface area contributed by atoms with E-state index >= 15 is 0 Å². The molecule has 2 nitrogen and oxygen atoms in total. The van der Waals surface area contributed by atoms with Gasteiger partial charge in [0.1, 0.15) is 0 Å². The maximum absolute atomic E-state index is 11.0. The van der Waals surface area contributed by atoms with Crippen LogP contribution in [0.3, 0.4) is 0 Å². The number of halogens is 3. The van der Waals surface area contributed by atoms with Crippen molar-refractivity contribution in [2.45, 2.75) is 6.42 Å². The van der Waals surface area contributed by atoms with Crippen molar-refractivity contribution < 1.29 is 4.79 Å². The van der Waals surface area contributed by atoms with Crippen molar-refractivity contribution in [3.05, 3.63) is 26.7 Å². The highest BCUT2D eigenvalue weighted by Gasteiger charge is 2.24. The van der Waals surface area contributed by atoms with Crippen LogP contribution in [0, 0.1) is 0 Å². The summed E-state index contributed by atoms with van der Waals surface area (Å²) in [6.07, 6.45) is 0.244. The first-order valence-electron chi connectivity index (χ1n) is 3.56. The number of hydrogen-bond acceptors (Lipinski definition) is 1. The molecule has 68 valence electrons. The Balaban J connectivity index is 2.69. The van der Waals surface area contributed by atoms with Crippen LogP contribution < -0.4 is 5.32 Å². The summed E-state index contributed by atoms with van der Waals surface area (Å²) >= 11 is 17.5. The van der Waals surface area contributed by atoms with Gasteiger partial charge in [0.25, 0.3) is 0 Å². The molecule has 1 aromatic carbocycles. The maximum Gasteiger partial charge on any atom is 0.228 e. The first-order valence-corrected chi connectivity index (χ1v) is 4.69. The van der Waals surface area contributed by atoms with Gasteiger partial charge in [-0.15, -0.1) is 0 Å². The van der Waals surface area contributed by atoms with Crippen LogP contribution in [-0.4, -0.2) is 5.91 Å². The number of fused-ring (bicyclic) bond motifs is 1. The minimum atomic E-state index is -0.110. The van der Waals surface area contributed by atoms with Crippen LogP contribution in [-0.2, 0) is 11.2 Å². The zero-order valence-electron chi connectivity index (χ0n) is 6.33. The average Bonchev–Trinajstić information content (AvgIpc) is 2.44. The minimum absolute atomic E-state index is 0.110. The third kappa shape index (κ3) is 1.39. The molecule has 1 N–H and O–H groups in total. The van der Waals surface area contributed by atoms with Gasteiger partial charge in [-0.2, -0.15) is 0 Å². The predicted octanol–water partition coefficient (Wildman–Crippen LogP) is 3.14. The summed E-state index contributed by atoms with van der Waals surface area (Å²) in [7, 11) is 0. The lowest BCUT2D eigenvalue weighted by atomic mass is 10.1. The highest BCUT2D eigenvalue weighted by Crippen LogP contribution is 2.40. The van der Waals surface area contributed by atoms with E-state index in [-0.39, 0.29) is 12.3 Å². The van der Waals surface area contributed by atoms with Crippen molar-refractivity contribution in [3.63, 3.8) is 0 Å². The Labute approximate surface area is 89.8 Å². The molecule has 0 saturated carbocycles. The second-order valence-electron chi connectivity index (χ2n) is 2.73. The van der Waals surface area contributed by atoms with Crippen LogP contribution in [0.25, 0.3) is 0 Å². The molecule has 0 aromatic heterocycles. The van der Waals surface area contributed by atoms with E-state index < -0.39 is 0 Å². The van der Waals surface area contributed by atoms with Crippen molar-refractivity contribution in [2.75, 3.05) is 5.32 Å². The number of carbonyl (C=O) groups is 1. The molecule has 1 heterocycles. The summed E-state index contributed by atoms with van der Waals surface area (Å²) in [6, 6.07) is 1.52. The first kappa shape index (κ1) is 9.13. The maximum atomic E-state index is 11.0. The second kappa shape index (κ2) is 3.05. The average molecular weight is 236 g/mol. The van der Waals surface area contributed by atoms with Crippen molar-refractivity contribution in [1.82, 2.24) is 0 Å².